The predicted molar refractivity (Wildman–Crippen MR) is 109 cm³/mol. The molecule has 0 saturated carbocycles. The number of anilines is 1. The lowest BCUT2D eigenvalue weighted by Gasteiger charge is -2.10. The van der Waals surface area contributed by atoms with Gasteiger partial charge in [-0.15, -0.1) is 6.58 Å². The molecule has 0 fully saturated rings. The van der Waals surface area contributed by atoms with Gasteiger partial charge in [0.15, 0.2) is 11.5 Å². The molecule has 8 heteroatoms. The number of ether oxygens (including phenoxy) is 1. The number of aromatic hydroxyl groups is 1. The summed E-state index contributed by atoms with van der Waals surface area (Å²) in [5, 5.41) is 16.5. The van der Waals surface area contributed by atoms with Gasteiger partial charge in [-0.2, -0.15) is 5.10 Å². The van der Waals surface area contributed by atoms with Crippen LogP contribution in [0.3, 0.4) is 0 Å². The van der Waals surface area contributed by atoms with Gasteiger partial charge in [-0.1, -0.05) is 6.08 Å². The Hall–Kier alpha value is -3.68. The summed E-state index contributed by atoms with van der Waals surface area (Å²) in [5.41, 5.74) is 3.85. The van der Waals surface area contributed by atoms with Crippen molar-refractivity contribution in [2.24, 2.45) is 5.10 Å². The van der Waals surface area contributed by atoms with Crippen molar-refractivity contribution in [1.29, 1.82) is 0 Å². The topological polar surface area (TPSA) is 100 Å². The summed E-state index contributed by atoms with van der Waals surface area (Å²) in [5.74, 6) is -1.26. The highest BCUT2D eigenvalue weighted by molar-refractivity contribution is 6.03. The molecule has 0 saturated heterocycles. The second-order valence-electron chi connectivity index (χ2n) is 5.98. The van der Waals surface area contributed by atoms with Crippen molar-refractivity contribution >= 4 is 23.7 Å². The number of hydrogen-bond donors (Lipinski definition) is 3. The molecule has 2 amide bonds. The maximum absolute atomic E-state index is 12.9. The maximum atomic E-state index is 12.9. The SMILES string of the molecule is C=CCc1cc(C=NNC(=O)CC(=O)Nc2ccc(F)cc2)cc(OCC)c1O. The van der Waals surface area contributed by atoms with Crippen LogP contribution in [0, 0.1) is 5.82 Å². The molecule has 0 bridgehead atoms. The molecule has 0 spiro atoms. The number of carbonyl (C=O) groups excluding carboxylic acids is 2. The van der Waals surface area contributed by atoms with Gasteiger partial charge in [0.2, 0.25) is 11.8 Å². The molecule has 0 unspecified atom stereocenters. The number of hydrazone groups is 1. The molecule has 0 aromatic heterocycles. The van der Waals surface area contributed by atoms with Crippen LogP contribution in [0.1, 0.15) is 24.5 Å². The summed E-state index contributed by atoms with van der Waals surface area (Å²) in [6.07, 6.45) is 3.01. The van der Waals surface area contributed by atoms with E-state index in [1.165, 1.54) is 30.5 Å². The second-order valence-corrected chi connectivity index (χ2v) is 5.98. The van der Waals surface area contributed by atoms with Gasteiger partial charge in [0.1, 0.15) is 12.2 Å². The summed E-state index contributed by atoms with van der Waals surface area (Å²) >= 11 is 0. The molecule has 3 N–H and O–H groups in total. The van der Waals surface area contributed by atoms with Crippen LogP contribution in [0.4, 0.5) is 10.1 Å². The normalized spacial score (nSPS) is 10.6. The monoisotopic (exact) mass is 399 g/mol. The van der Waals surface area contributed by atoms with Crippen LogP contribution in [0.5, 0.6) is 11.5 Å². The average molecular weight is 399 g/mol. The number of halogens is 1. The number of carbonyl (C=O) groups is 2. The van der Waals surface area contributed by atoms with Gasteiger partial charge < -0.3 is 15.2 Å². The predicted octanol–water partition coefficient (Wildman–Crippen LogP) is 3.14. The van der Waals surface area contributed by atoms with E-state index in [1.807, 2.05) is 0 Å². The molecule has 0 aliphatic carbocycles. The lowest BCUT2D eigenvalue weighted by Crippen LogP contribution is -2.24. The Balaban J connectivity index is 1.95. The van der Waals surface area contributed by atoms with Gasteiger partial charge >= 0.3 is 0 Å². The lowest BCUT2D eigenvalue weighted by molar-refractivity contribution is -0.126. The minimum atomic E-state index is -0.615. The van der Waals surface area contributed by atoms with E-state index in [4.69, 9.17) is 4.74 Å². The fraction of sp³-hybridized carbons (Fsp3) is 0.190. The minimum Gasteiger partial charge on any atom is -0.504 e. The van der Waals surface area contributed by atoms with Crippen molar-refractivity contribution in [2.75, 3.05) is 11.9 Å². The number of allylic oxidation sites excluding steroid dienone is 1. The number of nitrogens with one attached hydrogen (secondary N) is 2. The average Bonchev–Trinajstić information content (AvgIpc) is 2.67. The summed E-state index contributed by atoms with van der Waals surface area (Å²) in [6.45, 7) is 5.82. The van der Waals surface area contributed by atoms with E-state index in [2.05, 4.69) is 22.4 Å². The third-order valence-corrected chi connectivity index (χ3v) is 3.69. The summed E-state index contributed by atoms with van der Waals surface area (Å²) in [4.78, 5) is 23.7. The van der Waals surface area contributed by atoms with E-state index in [0.717, 1.165) is 0 Å². The molecule has 0 heterocycles. The van der Waals surface area contributed by atoms with Gasteiger partial charge in [0.05, 0.1) is 12.8 Å². The molecule has 2 aromatic rings. The highest BCUT2D eigenvalue weighted by atomic mass is 19.1. The molecule has 0 aliphatic rings. The summed E-state index contributed by atoms with van der Waals surface area (Å²) in [7, 11) is 0. The Morgan fingerprint density at radius 3 is 2.62 bits per heavy atom. The van der Waals surface area contributed by atoms with Crippen LogP contribution in [0.25, 0.3) is 0 Å². The zero-order valence-corrected chi connectivity index (χ0v) is 15.9. The molecule has 0 radical (unpaired) electrons. The van der Waals surface area contributed by atoms with Crippen LogP contribution in [-0.2, 0) is 16.0 Å². The quantitative estimate of drug-likeness (QED) is 0.261. The van der Waals surface area contributed by atoms with Crippen LogP contribution < -0.4 is 15.5 Å². The fourth-order valence-corrected chi connectivity index (χ4v) is 2.44. The molecule has 7 nitrogen and oxygen atoms in total. The molecule has 29 heavy (non-hydrogen) atoms. The molecular formula is C21H22FN3O4. The third kappa shape index (κ3) is 6.76. The first-order valence-corrected chi connectivity index (χ1v) is 8.89. The molecular weight excluding hydrogens is 377 g/mol. The molecule has 2 rings (SSSR count). The summed E-state index contributed by atoms with van der Waals surface area (Å²) in [6, 6.07) is 8.47. The number of nitrogens with zero attached hydrogens (tertiary/aromatic N) is 1. The number of hydrogen-bond acceptors (Lipinski definition) is 5. The second kappa shape index (κ2) is 10.6. The van der Waals surface area contributed by atoms with Crippen molar-refractivity contribution in [3.05, 3.63) is 66.0 Å². The zero-order chi connectivity index (χ0) is 21.2. The Labute approximate surface area is 167 Å². The van der Waals surface area contributed by atoms with Crippen molar-refractivity contribution in [2.45, 2.75) is 19.8 Å². The van der Waals surface area contributed by atoms with Gasteiger partial charge in [0, 0.05) is 11.3 Å². The standard InChI is InChI=1S/C21H22FN3O4/c1-3-5-15-10-14(11-18(21(15)28)29-4-2)13-23-25-20(27)12-19(26)24-17-8-6-16(22)7-9-17/h3,6-11,13,28H,1,4-5,12H2,2H3,(H,24,26)(H,25,27). The highest BCUT2D eigenvalue weighted by Crippen LogP contribution is 2.31. The van der Waals surface area contributed by atoms with Crippen LogP contribution in [-0.4, -0.2) is 29.7 Å². The maximum Gasteiger partial charge on any atom is 0.249 e. The molecule has 2 aromatic carbocycles. The van der Waals surface area contributed by atoms with E-state index in [-0.39, 0.29) is 5.75 Å². The minimum absolute atomic E-state index is 0.0328. The molecule has 0 atom stereocenters. The van der Waals surface area contributed by atoms with Gasteiger partial charge in [-0.05, 0) is 55.3 Å². The van der Waals surface area contributed by atoms with Crippen molar-refractivity contribution in [3.8, 4) is 11.5 Å². The number of phenols is 1. The first-order valence-electron chi connectivity index (χ1n) is 8.89. The Kier molecular flexibility index (Phi) is 7.90. The Morgan fingerprint density at radius 2 is 1.97 bits per heavy atom. The fourth-order valence-electron chi connectivity index (χ4n) is 2.44. The zero-order valence-electron chi connectivity index (χ0n) is 15.9. The highest BCUT2D eigenvalue weighted by Gasteiger charge is 2.11. The number of phenolic OH excluding ortho intramolecular Hbond substituents is 1. The molecule has 0 aliphatic heterocycles. The first-order chi connectivity index (χ1) is 13.9. The van der Waals surface area contributed by atoms with Gasteiger partial charge in [-0.25, -0.2) is 9.82 Å². The van der Waals surface area contributed by atoms with Gasteiger partial charge in [-0.3, -0.25) is 9.59 Å². The van der Waals surface area contributed by atoms with E-state index < -0.39 is 24.1 Å². The molecule has 152 valence electrons. The Bertz CT molecular complexity index is 911. The number of amides is 2. The van der Waals surface area contributed by atoms with Crippen molar-refractivity contribution in [3.63, 3.8) is 0 Å². The van der Waals surface area contributed by atoms with E-state index in [1.54, 1.807) is 25.1 Å². The lowest BCUT2D eigenvalue weighted by atomic mass is 10.1. The largest absolute Gasteiger partial charge is 0.504 e. The van der Waals surface area contributed by atoms with Crippen molar-refractivity contribution in [1.82, 2.24) is 5.43 Å². The first kappa shape index (κ1) is 21.6. The van der Waals surface area contributed by atoms with Gasteiger partial charge in [0.25, 0.3) is 0 Å². The van der Waals surface area contributed by atoms with Crippen molar-refractivity contribution < 1.29 is 23.8 Å². The summed E-state index contributed by atoms with van der Waals surface area (Å²) < 4.78 is 18.3. The number of rotatable bonds is 9. The third-order valence-electron chi connectivity index (χ3n) is 3.69. The van der Waals surface area contributed by atoms with E-state index in [9.17, 15) is 19.1 Å². The number of benzene rings is 2. The Morgan fingerprint density at radius 1 is 1.24 bits per heavy atom. The van der Waals surface area contributed by atoms with E-state index >= 15 is 0 Å². The van der Waals surface area contributed by atoms with Crippen LogP contribution in [0.2, 0.25) is 0 Å². The van der Waals surface area contributed by atoms with Crippen LogP contribution >= 0.6 is 0 Å². The van der Waals surface area contributed by atoms with E-state index in [0.29, 0.717) is 35.6 Å². The van der Waals surface area contributed by atoms with Crippen LogP contribution in [0.15, 0.2) is 54.2 Å². The smallest absolute Gasteiger partial charge is 0.249 e.